The van der Waals surface area contributed by atoms with E-state index >= 15 is 13.2 Å². The summed E-state index contributed by atoms with van der Waals surface area (Å²) in [5.74, 6) is -1.21. The summed E-state index contributed by atoms with van der Waals surface area (Å²) in [5.41, 5.74) is 10.8. The quantitative estimate of drug-likeness (QED) is 0.129. The van der Waals surface area contributed by atoms with E-state index in [2.05, 4.69) is 91.0 Å². The van der Waals surface area contributed by atoms with Crippen molar-refractivity contribution in [3.63, 3.8) is 0 Å². The molecule has 0 N–H and O–H groups in total. The first-order valence-corrected chi connectivity index (χ1v) is 19.7. The molecule has 0 amide bonds. The normalized spacial score (nSPS) is 13.3. The Morgan fingerprint density at radius 2 is 0.830 bits per heavy atom. The van der Waals surface area contributed by atoms with Gasteiger partial charge in [0.1, 0.15) is 17.5 Å². The highest BCUT2D eigenvalue weighted by Gasteiger charge is 2.52. The molecule has 1 nitrogen and oxygen atoms in total. The van der Waals surface area contributed by atoms with Crippen LogP contribution in [0.15, 0.2) is 182 Å². The van der Waals surface area contributed by atoms with Gasteiger partial charge in [0.05, 0.1) is 11.1 Å². The summed E-state index contributed by atoms with van der Waals surface area (Å²) in [6.45, 7) is 0. The zero-order valence-corrected chi connectivity index (χ0v) is 29.4. The molecule has 0 unspecified atom stereocenters. The first-order valence-electron chi connectivity index (χ1n) is 17.7. The molecule has 0 radical (unpaired) electrons. The van der Waals surface area contributed by atoms with Crippen LogP contribution in [0.2, 0.25) is 0 Å². The fourth-order valence-electron chi connectivity index (χ4n) is 9.18. The molecule has 1 aromatic heterocycles. The summed E-state index contributed by atoms with van der Waals surface area (Å²) in [7, 11) is -3.42. The van der Waals surface area contributed by atoms with E-state index < -0.39 is 30.9 Å². The van der Waals surface area contributed by atoms with Crippen molar-refractivity contribution in [2.24, 2.45) is 0 Å². The van der Waals surface area contributed by atoms with Crippen LogP contribution in [-0.2, 0) is 5.41 Å². The van der Waals surface area contributed by atoms with Crippen LogP contribution in [0.3, 0.4) is 0 Å². The minimum Gasteiger partial charge on any atom is -0.255 e. The summed E-state index contributed by atoms with van der Waals surface area (Å²) in [4.78, 5) is 5.17. The van der Waals surface area contributed by atoms with E-state index in [0.29, 0.717) is 15.6 Å². The van der Waals surface area contributed by atoms with Crippen molar-refractivity contribution in [1.29, 1.82) is 0 Å². The van der Waals surface area contributed by atoms with Crippen molar-refractivity contribution in [1.82, 2.24) is 4.98 Å². The monoisotopic (exact) mass is 705 g/mol. The molecule has 2 aliphatic carbocycles. The lowest BCUT2D eigenvalue weighted by Gasteiger charge is -2.34. The zero-order chi connectivity index (χ0) is 35.7. The lowest BCUT2D eigenvalue weighted by molar-refractivity contribution is 0.629. The number of aromatic nitrogens is 1. The molecule has 0 saturated heterocycles. The first kappa shape index (κ1) is 31.4. The Labute approximate surface area is 306 Å². The van der Waals surface area contributed by atoms with Crippen LogP contribution in [0.5, 0.6) is 0 Å². The maximum absolute atomic E-state index is 15.1. The minimum atomic E-state index is -3.42. The molecule has 7 aromatic carbocycles. The average molecular weight is 706 g/mol. The minimum absolute atomic E-state index is 0.405. The number of fused-ring (bicyclic) bond motifs is 10. The Bertz CT molecular complexity index is 2560. The summed E-state index contributed by atoms with van der Waals surface area (Å²) < 4.78 is 45.2. The van der Waals surface area contributed by atoms with Crippen molar-refractivity contribution in [3.8, 4) is 33.5 Å². The number of benzene rings is 7. The van der Waals surface area contributed by atoms with Crippen LogP contribution >= 0.6 is 0 Å². The Kier molecular flexibility index (Phi) is 7.04. The third-order valence-electron chi connectivity index (χ3n) is 11.3. The molecule has 0 bridgehead atoms. The van der Waals surface area contributed by atoms with E-state index in [-0.39, 0.29) is 0 Å². The van der Waals surface area contributed by atoms with Gasteiger partial charge >= 0.3 is 0 Å². The maximum Gasteiger partial charge on any atom is 0.179 e. The molecule has 1 heterocycles. The SMILES string of the molecule is Fc1cccc([Si](c2ccc(-c3cnc4c(c3)C3(c5ccccc5-c5ccccc53)c3ccccc3-4)cc2)(c2cccc(F)c2)c2cccc(F)c2)c1. The molecule has 10 rings (SSSR count). The molecule has 8 aromatic rings. The largest absolute Gasteiger partial charge is 0.255 e. The summed E-state index contributed by atoms with van der Waals surface area (Å²) in [6, 6.07) is 55.8. The number of pyridine rings is 1. The predicted molar refractivity (Wildman–Crippen MR) is 209 cm³/mol. The van der Waals surface area contributed by atoms with E-state index in [4.69, 9.17) is 4.98 Å². The molecule has 0 fully saturated rings. The Morgan fingerprint density at radius 1 is 0.377 bits per heavy atom. The molecule has 1 spiro atoms. The Balaban J connectivity index is 1.18. The first-order chi connectivity index (χ1) is 26.0. The second-order valence-electron chi connectivity index (χ2n) is 13.9. The molecular weight excluding hydrogens is 676 g/mol. The topological polar surface area (TPSA) is 12.9 Å². The molecule has 252 valence electrons. The molecule has 2 aliphatic rings. The lowest BCUT2D eigenvalue weighted by atomic mass is 9.70. The second-order valence-corrected chi connectivity index (χ2v) is 17.7. The lowest BCUT2D eigenvalue weighted by Crippen LogP contribution is -2.75. The number of rotatable bonds is 5. The number of halogens is 3. The van der Waals surface area contributed by atoms with Gasteiger partial charge in [0.25, 0.3) is 0 Å². The zero-order valence-electron chi connectivity index (χ0n) is 28.4. The number of hydrogen-bond acceptors (Lipinski definition) is 1. The van der Waals surface area contributed by atoms with Gasteiger partial charge in [-0.15, -0.1) is 0 Å². The molecular formula is C48H30F3NSi. The van der Waals surface area contributed by atoms with E-state index in [1.807, 2.05) is 36.5 Å². The van der Waals surface area contributed by atoms with E-state index in [1.54, 1.807) is 18.2 Å². The van der Waals surface area contributed by atoms with Gasteiger partial charge in [-0.25, -0.2) is 13.2 Å². The Hall–Kier alpha value is -6.30. The molecule has 0 atom stereocenters. The van der Waals surface area contributed by atoms with Crippen molar-refractivity contribution >= 4 is 28.8 Å². The van der Waals surface area contributed by atoms with Crippen molar-refractivity contribution < 1.29 is 13.2 Å². The smallest absolute Gasteiger partial charge is 0.179 e. The van der Waals surface area contributed by atoms with Gasteiger partial charge in [-0.05, 0) is 102 Å². The fourth-order valence-corrected chi connectivity index (χ4v) is 13.9. The molecule has 0 aliphatic heterocycles. The van der Waals surface area contributed by atoms with Crippen LogP contribution in [0.1, 0.15) is 22.3 Å². The van der Waals surface area contributed by atoms with Gasteiger partial charge in [-0.2, -0.15) is 0 Å². The standard InChI is InChI=1S/C48H30F3NSi/c49-33-10-7-13-37(27-33)53(38-14-8-11-34(50)28-38,39-15-9-12-35(51)29-39)36-24-22-31(23-25-36)32-26-46-47(52-30-32)42-18-3-6-21-45(42)48(46)43-19-4-1-16-40(43)41-17-2-5-20-44(41)48/h1-30H. The van der Waals surface area contributed by atoms with Crippen LogP contribution < -0.4 is 20.7 Å². The van der Waals surface area contributed by atoms with Crippen LogP contribution in [0.4, 0.5) is 13.2 Å². The highest BCUT2D eigenvalue weighted by molar-refractivity contribution is 7.19. The molecule has 0 saturated carbocycles. The summed E-state index contributed by atoms with van der Waals surface area (Å²) in [6.07, 6.45) is 1.94. The number of hydrogen-bond donors (Lipinski definition) is 0. The van der Waals surface area contributed by atoms with Crippen molar-refractivity contribution in [3.05, 3.63) is 222 Å². The maximum atomic E-state index is 15.1. The Morgan fingerprint density at radius 3 is 1.32 bits per heavy atom. The summed E-state index contributed by atoms with van der Waals surface area (Å²) in [5, 5.41) is 2.96. The van der Waals surface area contributed by atoms with Gasteiger partial charge in [-0.1, -0.05) is 133 Å². The third kappa shape index (κ3) is 4.47. The van der Waals surface area contributed by atoms with Crippen LogP contribution in [-0.4, -0.2) is 13.1 Å². The number of nitrogens with zero attached hydrogens (tertiary/aromatic N) is 1. The van der Waals surface area contributed by atoms with Gasteiger partial charge < -0.3 is 0 Å². The molecule has 5 heteroatoms. The van der Waals surface area contributed by atoms with Gasteiger partial charge in [0.2, 0.25) is 0 Å². The average Bonchev–Trinajstić information content (AvgIpc) is 3.66. The van der Waals surface area contributed by atoms with Gasteiger partial charge in [0, 0.05) is 17.3 Å². The summed E-state index contributed by atoms with van der Waals surface area (Å²) >= 11 is 0. The van der Waals surface area contributed by atoms with Gasteiger partial charge in [0.15, 0.2) is 8.07 Å². The van der Waals surface area contributed by atoms with Crippen LogP contribution in [0, 0.1) is 17.5 Å². The second kappa shape index (κ2) is 11.9. The highest BCUT2D eigenvalue weighted by Crippen LogP contribution is 2.62. The van der Waals surface area contributed by atoms with E-state index in [1.165, 1.54) is 64.2 Å². The van der Waals surface area contributed by atoms with Crippen molar-refractivity contribution in [2.75, 3.05) is 0 Å². The van der Waals surface area contributed by atoms with E-state index in [9.17, 15) is 0 Å². The highest BCUT2D eigenvalue weighted by atomic mass is 28.3. The fraction of sp³-hybridized carbons (Fsp3) is 0.0208. The van der Waals surface area contributed by atoms with E-state index in [0.717, 1.165) is 33.1 Å². The van der Waals surface area contributed by atoms with Gasteiger partial charge in [-0.3, -0.25) is 4.98 Å². The van der Waals surface area contributed by atoms with Crippen LogP contribution in [0.25, 0.3) is 33.5 Å². The molecule has 53 heavy (non-hydrogen) atoms. The third-order valence-corrected chi connectivity index (χ3v) is 16.0. The van der Waals surface area contributed by atoms with Crippen molar-refractivity contribution in [2.45, 2.75) is 5.41 Å². The predicted octanol–water partition coefficient (Wildman–Crippen LogP) is 8.89.